The van der Waals surface area contributed by atoms with Crippen LogP contribution in [-0.4, -0.2) is 74.6 Å². The van der Waals surface area contributed by atoms with E-state index in [-0.39, 0.29) is 29.1 Å². The van der Waals surface area contributed by atoms with Gasteiger partial charge in [0.05, 0.1) is 24.5 Å². The highest BCUT2D eigenvalue weighted by Crippen LogP contribution is 2.27. The summed E-state index contributed by atoms with van der Waals surface area (Å²) >= 11 is 0. The number of rotatable bonds is 8. The Bertz CT molecular complexity index is 1660. The van der Waals surface area contributed by atoms with Gasteiger partial charge in [0.15, 0.2) is 11.5 Å². The van der Waals surface area contributed by atoms with Gasteiger partial charge in [-0.05, 0) is 61.4 Å². The SMILES string of the molecule is CC1CCN(c2ccc(F)cc2F)CCN1C(=O)c1cc(CN2CCC(n3cc(COc4ccc(C(C)(C)C)cc4)nn3)CC2)on1. The molecule has 4 heterocycles. The lowest BCUT2D eigenvalue weighted by atomic mass is 9.87. The van der Waals surface area contributed by atoms with Gasteiger partial charge in [-0.25, -0.2) is 13.5 Å². The van der Waals surface area contributed by atoms with Crippen LogP contribution in [0.3, 0.4) is 0 Å². The van der Waals surface area contributed by atoms with Crippen molar-refractivity contribution in [2.75, 3.05) is 37.6 Å². The number of piperidine rings is 1. The van der Waals surface area contributed by atoms with E-state index in [1.165, 1.54) is 17.7 Å². The number of likely N-dealkylation sites (tertiary alicyclic amines) is 1. The van der Waals surface area contributed by atoms with Gasteiger partial charge in [-0.15, -0.1) is 5.10 Å². The molecule has 0 radical (unpaired) electrons. The number of hydrogen-bond acceptors (Lipinski definition) is 8. The molecule has 12 heteroatoms. The maximum absolute atomic E-state index is 14.4. The minimum atomic E-state index is -0.610. The quantitative estimate of drug-likeness (QED) is 0.230. The fourth-order valence-electron chi connectivity index (χ4n) is 6.30. The van der Waals surface area contributed by atoms with E-state index >= 15 is 0 Å². The molecule has 10 nitrogen and oxygen atoms in total. The van der Waals surface area contributed by atoms with Crippen LogP contribution in [0.4, 0.5) is 14.5 Å². The highest BCUT2D eigenvalue weighted by molar-refractivity contribution is 5.92. The number of ether oxygens (including phenoxy) is 1. The van der Waals surface area contributed by atoms with Gasteiger partial charge in [0, 0.05) is 50.9 Å². The summed E-state index contributed by atoms with van der Waals surface area (Å²) < 4.78 is 41.3. The Labute approximate surface area is 274 Å². The van der Waals surface area contributed by atoms with Crippen molar-refractivity contribution in [1.29, 1.82) is 0 Å². The molecular formula is C35H43F2N7O3. The highest BCUT2D eigenvalue weighted by atomic mass is 19.1. The molecule has 2 aromatic heterocycles. The summed E-state index contributed by atoms with van der Waals surface area (Å²) in [5.41, 5.74) is 2.77. The van der Waals surface area contributed by atoms with Gasteiger partial charge < -0.3 is 19.1 Å². The van der Waals surface area contributed by atoms with Gasteiger partial charge in [-0.1, -0.05) is 43.3 Å². The van der Waals surface area contributed by atoms with E-state index < -0.39 is 11.6 Å². The largest absolute Gasteiger partial charge is 0.487 e. The number of carbonyl (C=O) groups excluding carboxylic acids is 1. The van der Waals surface area contributed by atoms with Crippen LogP contribution < -0.4 is 9.64 Å². The van der Waals surface area contributed by atoms with Crippen molar-refractivity contribution in [1.82, 2.24) is 30.0 Å². The van der Waals surface area contributed by atoms with Gasteiger partial charge >= 0.3 is 0 Å². The number of nitrogens with zero attached hydrogens (tertiary/aromatic N) is 7. The predicted molar refractivity (Wildman–Crippen MR) is 173 cm³/mol. The second-order valence-corrected chi connectivity index (χ2v) is 13.7. The van der Waals surface area contributed by atoms with E-state index in [1.807, 2.05) is 34.8 Å². The normalized spacial score (nSPS) is 18.4. The van der Waals surface area contributed by atoms with E-state index in [9.17, 15) is 13.6 Å². The van der Waals surface area contributed by atoms with Crippen LogP contribution in [-0.2, 0) is 18.6 Å². The molecule has 1 amide bonds. The smallest absolute Gasteiger partial charge is 0.276 e. The van der Waals surface area contributed by atoms with Gasteiger partial charge in [-0.3, -0.25) is 9.69 Å². The van der Waals surface area contributed by atoms with E-state index in [2.05, 4.69) is 53.3 Å². The van der Waals surface area contributed by atoms with Crippen LogP contribution in [0.15, 0.2) is 59.3 Å². The molecule has 2 saturated heterocycles. The molecule has 2 aliphatic rings. The van der Waals surface area contributed by atoms with Crippen molar-refractivity contribution in [3.63, 3.8) is 0 Å². The number of benzene rings is 2. The molecule has 1 unspecified atom stereocenters. The van der Waals surface area contributed by atoms with Crippen LogP contribution in [0.5, 0.6) is 5.75 Å². The average Bonchev–Trinajstić information content (AvgIpc) is 3.68. The highest BCUT2D eigenvalue weighted by Gasteiger charge is 2.29. The second-order valence-electron chi connectivity index (χ2n) is 13.7. The summed E-state index contributed by atoms with van der Waals surface area (Å²) in [6, 6.07) is 13.7. The molecule has 0 saturated carbocycles. The Kier molecular flexibility index (Phi) is 9.58. The summed E-state index contributed by atoms with van der Waals surface area (Å²) in [4.78, 5) is 19.3. The van der Waals surface area contributed by atoms with E-state index in [0.717, 1.165) is 43.4 Å². The molecule has 47 heavy (non-hydrogen) atoms. The zero-order valence-electron chi connectivity index (χ0n) is 27.5. The maximum Gasteiger partial charge on any atom is 0.276 e. The summed E-state index contributed by atoms with van der Waals surface area (Å²) in [5, 5.41) is 12.8. The zero-order chi connectivity index (χ0) is 33.1. The average molecular weight is 648 g/mol. The van der Waals surface area contributed by atoms with Crippen molar-refractivity contribution in [3.8, 4) is 5.75 Å². The number of halogens is 2. The second kappa shape index (κ2) is 13.8. The molecule has 0 aliphatic carbocycles. The molecule has 0 spiro atoms. The minimum absolute atomic E-state index is 0.0703. The third-order valence-corrected chi connectivity index (χ3v) is 9.22. The number of amides is 1. The zero-order valence-corrected chi connectivity index (χ0v) is 27.5. The molecule has 6 rings (SSSR count). The maximum atomic E-state index is 14.4. The molecule has 2 aliphatic heterocycles. The Morgan fingerprint density at radius 1 is 0.979 bits per heavy atom. The van der Waals surface area contributed by atoms with Crippen LogP contribution in [0, 0.1) is 11.6 Å². The molecule has 2 aromatic carbocycles. The van der Waals surface area contributed by atoms with Crippen LogP contribution in [0.1, 0.15) is 80.5 Å². The summed E-state index contributed by atoms with van der Waals surface area (Å²) in [5.74, 6) is 0.0309. The Morgan fingerprint density at radius 3 is 2.47 bits per heavy atom. The van der Waals surface area contributed by atoms with Gasteiger partial charge in [0.1, 0.15) is 29.7 Å². The standard InChI is InChI=1S/C35H43F2N7O3/c1-24-11-16-42(33-10-7-26(36)19-31(33)37)17-18-43(24)34(45)32-20-30(47-39-32)22-41-14-12-28(13-15-41)44-21-27(38-40-44)23-46-29-8-5-25(6-9-29)35(2,3)4/h5-10,19-21,24,28H,11-18,22-23H2,1-4H3. The van der Waals surface area contributed by atoms with Crippen molar-refractivity contribution in [2.45, 2.75) is 77.6 Å². The predicted octanol–water partition coefficient (Wildman–Crippen LogP) is 6.00. The van der Waals surface area contributed by atoms with Crippen molar-refractivity contribution in [2.24, 2.45) is 0 Å². The molecule has 1 atom stereocenters. The monoisotopic (exact) mass is 647 g/mol. The van der Waals surface area contributed by atoms with Gasteiger partial charge in [0.2, 0.25) is 0 Å². The first-order valence-electron chi connectivity index (χ1n) is 16.4. The molecule has 2 fully saturated rings. The number of aromatic nitrogens is 4. The van der Waals surface area contributed by atoms with Crippen molar-refractivity contribution in [3.05, 3.63) is 89.1 Å². The first-order valence-corrected chi connectivity index (χ1v) is 16.4. The van der Waals surface area contributed by atoms with E-state index in [4.69, 9.17) is 9.26 Å². The number of anilines is 1. The third-order valence-electron chi connectivity index (χ3n) is 9.22. The van der Waals surface area contributed by atoms with Crippen LogP contribution in [0.25, 0.3) is 0 Å². The minimum Gasteiger partial charge on any atom is -0.487 e. The number of carbonyl (C=O) groups is 1. The van der Waals surface area contributed by atoms with Crippen LogP contribution >= 0.6 is 0 Å². The fraction of sp³-hybridized carbons (Fsp3) is 0.486. The lowest BCUT2D eigenvalue weighted by molar-refractivity contribution is 0.0694. The molecular weight excluding hydrogens is 604 g/mol. The lowest BCUT2D eigenvalue weighted by Gasteiger charge is -2.30. The molecule has 250 valence electrons. The van der Waals surface area contributed by atoms with Crippen molar-refractivity contribution >= 4 is 11.6 Å². The topological polar surface area (TPSA) is 92.8 Å². The van der Waals surface area contributed by atoms with E-state index in [0.29, 0.717) is 50.7 Å². The lowest BCUT2D eigenvalue weighted by Crippen LogP contribution is -2.40. The molecule has 0 N–H and O–H groups in total. The van der Waals surface area contributed by atoms with Crippen molar-refractivity contribution < 1.29 is 22.8 Å². The van der Waals surface area contributed by atoms with Gasteiger partial charge in [-0.2, -0.15) is 0 Å². The Balaban J connectivity index is 0.971. The third kappa shape index (κ3) is 7.81. The molecule has 0 bridgehead atoms. The molecule has 4 aromatic rings. The number of hydrogen-bond donors (Lipinski definition) is 0. The van der Waals surface area contributed by atoms with E-state index in [1.54, 1.807) is 11.0 Å². The summed E-state index contributed by atoms with van der Waals surface area (Å²) in [6.07, 6.45) is 4.44. The first-order chi connectivity index (χ1) is 22.5. The summed E-state index contributed by atoms with van der Waals surface area (Å²) in [7, 11) is 0. The van der Waals surface area contributed by atoms with Gasteiger partial charge in [0.25, 0.3) is 5.91 Å². The van der Waals surface area contributed by atoms with Crippen LogP contribution in [0.2, 0.25) is 0 Å². The Morgan fingerprint density at radius 2 is 1.74 bits per heavy atom. The Hall–Kier alpha value is -4.32. The first kappa shape index (κ1) is 32.6. The fourth-order valence-corrected chi connectivity index (χ4v) is 6.30. The summed E-state index contributed by atoms with van der Waals surface area (Å²) in [6.45, 7) is 12.6.